The van der Waals surface area contributed by atoms with Crippen molar-refractivity contribution in [1.29, 1.82) is 0 Å². The van der Waals surface area contributed by atoms with E-state index < -0.39 is 5.97 Å². The van der Waals surface area contributed by atoms with E-state index in [0.29, 0.717) is 5.82 Å². The molecule has 0 radical (unpaired) electrons. The number of carboxylic acid groups (broad SMARTS) is 1. The molecule has 1 aromatic heterocycles. The van der Waals surface area contributed by atoms with Crippen LogP contribution < -0.4 is 0 Å². The van der Waals surface area contributed by atoms with Crippen LogP contribution in [0, 0.1) is 0 Å². The third-order valence-electron chi connectivity index (χ3n) is 3.10. The summed E-state index contributed by atoms with van der Waals surface area (Å²) in [5, 5.41) is 8.76. The minimum absolute atomic E-state index is 0.227. The van der Waals surface area contributed by atoms with Gasteiger partial charge in [0.2, 0.25) is 0 Å². The van der Waals surface area contributed by atoms with Gasteiger partial charge < -0.3 is 9.67 Å². The Morgan fingerprint density at radius 3 is 2.79 bits per heavy atom. The molecule has 0 fully saturated rings. The van der Waals surface area contributed by atoms with Crippen molar-refractivity contribution in [3.05, 3.63) is 35.7 Å². The van der Waals surface area contributed by atoms with E-state index in [4.69, 9.17) is 5.11 Å². The first-order chi connectivity index (χ1) is 9.04. The second-order valence-electron chi connectivity index (χ2n) is 4.74. The maximum absolute atomic E-state index is 10.7. The third-order valence-corrected chi connectivity index (χ3v) is 3.10. The van der Waals surface area contributed by atoms with Crippen molar-refractivity contribution in [3.63, 3.8) is 0 Å². The van der Waals surface area contributed by atoms with E-state index in [-0.39, 0.29) is 6.04 Å². The number of carboxylic acids is 1. The number of carbonyl (C=O) groups is 1. The molecule has 0 amide bonds. The molecular weight excluding hydrogens is 240 g/mol. The lowest BCUT2D eigenvalue weighted by molar-refractivity contribution is -0.131. The number of aryl methyl sites for hydroxylation is 1. The molecule has 100 valence electrons. The number of para-hydroxylation sites is 1. The number of benzene rings is 1. The van der Waals surface area contributed by atoms with Crippen LogP contribution >= 0.6 is 0 Å². The number of aromatic nitrogens is 2. The van der Waals surface area contributed by atoms with Crippen LogP contribution in [-0.2, 0) is 11.2 Å². The number of nitrogens with zero attached hydrogens (tertiary/aromatic N) is 2. The highest BCUT2D eigenvalue weighted by atomic mass is 16.4. The van der Waals surface area contributed by atoms with Crippen LogP contribution in [0.15, 0.2) is 24.3 Å². The molecule has 1 aromatic carbocycles. The zero-order chi connectivity index (χ0) is 14.0. The van der Waals surface area contributed by atoms with Crippen molar-refractivity contribution in [1.82, 2.24) is 9.55 Å². The van der Waals surface area contributed by atoms with Crippen LogP contribution in [0.2, 0.25) is 0 Å². The summed E-state index contributed by atoms with van der Waals surface area (Å²) in [7, 11) is 0. The Morgan fingerprint density at radius 2 is 2.21 bits per heavy atom. The Bertz CT molecular complexity index is 639. The molecule has 0 bridgehead atoms. The van der Waals surface area contributed by atoms with E-state index in [2.05, 4.69) is 36.4 Å². The maximum atomic E-state index is 10.7. The molecule has 0 aliphatic carbocycles. The minimum atomic E-state index is -0.960. The molecule has 4 heteroatoms. The predicted octanol–water partition coefficient (Wildman–Crippen LogP) is 3.28. The summed E-state index contributed by atoms with van der Waals surface area (Å²) in [4.78, 5) is 15.3. The van der Waals surface area contributed by atoms with Crippen LogP contribution in [0.4, 0.5) is 0 Å². The van der Waals surface area contributed by atoms with Gasteiger partial charge >= 0.3 is 5.97 Å². The fourth-order valence-electron chi connectivity index (χ4n) is 2.28. The lowest BCUT2D eigenvalue weighted by Gasteiger charge is -2.11. The number of hydrogen-bond donors (Lipinski definition) is 1. The SMILES string of the molecule is CCc1cccc2c1nc(/C=C/C(=O)O)n2C(C)C. The van der Waals surface area contributed by atoms with Crippen LogP contribution in [-0.4, -0.2) is 20.6 Å². The van der Waals surface area contributed by atoms with Gasteiger partial charge in [-0.25, -0.2) is 9.78 Å². The molecule has 1 N–H and O–H groups in total. The van der Waals surface area contributed by atoms with Gasteiger partial charge in [-0.1, -0.05) is 19.1 Å². The maximum Gasteiger partial charge on any atom is 0.328 e. The number of imidazole rings is 1. The van der Waals surface area contributed by atoms with E-state index in [9.17, 15) is 4.79 Å². The van der Waals surface area contributed by atoms with Gasteiger partial charge in [0.05, 0.1) is 11.0 Å². The smallest absolute Gasteiger partial charge is 0.328 e. The molecule has 0 saturated heterocycles. The van der Waals surface area contributed by atoms with Crippen molar-refractivity contribution in [2.45, 2.75) is 33.2 Å². The summed E-state index contributed by atoms with van der Waals surface area (Å²) in [5.41, 5.74) is 3.20. The van der Waals surface area contributed by atoms with Crippen molar-refractivity contribution in [2.75, 3.05) is 0 Å². The lowest BCUT2D eigenvalue weighted by Crippen LogP contribution is -2.03. The number of rotatable bonds is 4. The molecule has 1 heterocycles. The largest absolute Gasteiger partial charge is 0.478 e. The van der Waals surface area contributed by atoms with Gasteiger partial charge in [0.1, 0.15) is 5.82 Å². The zero-order valence-corrected chi connectivity index (χ0v) is 11.4. The quantitative estimate of drug-likeness (QED) is 0.856. The van der Waals surface area contributed by atoms with Gasteiger partial charge in [0.15, 0.2) is 0 Å². The van der Waals surface area contributed by atoms with E-state index in [0.717, 1.165) is 23.5 Å². The van der Waals surface area contributed by atoms with Gasteiger partial charge in [-0.15, -0.1) is 0 Å². The Balaban J connectivity index is 2.69. The summed E-state index contributed by atoms with van der Waals surface area (Å²) >= 11 is 0. The fourth-order valence-corrected chi connectivity index (χ4v) is 2.28. The van der Waals surface area contributed by atoms with Crippen molar-refractivity contribution < 1.29 is 9.90 Å². The standard InChI is InChI=1S/C15H18N2O2/c1-4-11-6-5-7-12-15(11)16-13(8-9-14(18)19)17(12)10(2)3/h5-10H,4H2,1-3H3,(H,18,19)/b9-8+. The van der Waals surface area contributed by atoms with E-state index in [1.807, 2.05) is 12.1 Å². The van der Waals surface area contributed by atoms with E-state index >= 15 is 0 Å². The first-order valence-electron chi connectivity index (χ1n) is 6.45. The van der Waals surface area contributed by atoms with Crippen molar-refractivity contribution in [3.8, 4) is 0 Å². The normalized spacial score (nSPS) is 11.8. The molecule has 4 nitrogen and oxygen atoms in total. The highest BCUT2D eigenvalue weighted by molar-refractivity contribution is 5.87. The van der Waals surface area contributed by atoms with E-state index in [1.165, 1.54) is 5.56 Å². The van der Waals surface area contributed by atoms with E-state index in [1.54, 1.807) is 6.08 Å². The molecule has 0 atom stereocenters. The Labute approximate surface area is 112 Å². The topological polar surface area (TPSA) is 55.1 Å². The average Bonchev–Trinajstić information content (AvgIpc) is 2.74. The average molecular weight is 258 g/mol. The molecule has 2 aromatic rings. The summed E-state index contributed by atoms with van der Waals surface area (Å²) in [6.45, 7) is 6.23. The Hall–Kier alpha value is -2.10. The van der Waals surface area contributed by atoms with Crippen molar-refractivity contribution in [2.24, 2.45) is 0 Å². The predicted molar refractivity (Wildman–Crippen MR) is 76.2 cm³/mol. The summed E-state index contributed by atoms with van der Waals surface area (Å²) in [6, 6.07) is 6.34. The molecule has 19 heavy (non-hydrogen) atoms. The number of hydrogen-bond acceptors (Lipinski definition) is 2. The molecule has 0 spiro atoms. The lowest BCUT2D eigenvalue weighted by atomic mass is 10.1. The molecule has 2 rings (SSSR count). The molecule has 0 aliphatic heterocycles. The van der Waals surface area contributed by atoms with Crippen LogP contribution in [0.3, 0.4) is 0 Å². The minimum Gasteiger partial charge on any atom is -0.478 e. The van der Waals surface area contributed by atoms with Gasteiger partial charge in [-0.05, 0) is 38.0 Å². The second-order valence-corrected chi connectivity index (χ2v) is 4.74. The summed E-state index contributed by atoms with van der Waals surface area (Å²) in [6.07, 6.45) is 3.60. The summed E-state index contributed by atoms with van der Waals surface area (Å²) < 4.78 is 2.06. The first kappa shape index (κ1) is 13.3. The highest BCUT2D eigenvalue weighted by Crippen LogP contribution is 2.24. The summed E-state index contributed by atoms with van der Waals surface area (Å²) in [5.74, 6) is -0.272. The van der Waals surface area contributed by atoms with Crippen molar-refractivity contribution >= 4 is 23.1 Å². The fraction of sp³-hybridized carbons (Fsp3) is 0.333. The monoisotopic (exact) mass is 258 g/mol. The van der Waals surface area contributed by atoms with Gasteiger partial charge in [0, 0.05) is 12.1 Å². The zero-order valence-electron chi connectivity index (χ0n) is 11.4. The highest BCUT2D eigenvalue weighted by Gasteiger charge is 2.13. The van der Waals surface area contributed by atoms with Crippen LogP contribution in [0.1, 0.15) is 38.2 Å². The van der Waals surface area contributed by atoms with Gasteiger partial charge in [-0.3, -0.25) is 0 Å². The Kier molecular flexibility index (Phi) is 3.69. The molecule has 0 unspecified atom stereocenters. The second kappa shape index (κ2) is 5.26. The first-order valence-corrected chi connectivity index (χ1v) is 6.45. The van der Waals surface area contributed by atoms with Gasteiger partial charge in [-0.2, -0.15) is 0 Å². The molecular formula is C15H18N2O2. The molecule has 0 saturated carbocycles. The van der Waals surface area contributed by atoms with Gasteiger partial charge in [0.25, 0.3) is 0 Å². The van der Waals surface area contributed by atoms with Crippen LogP contribution in [0.25, 0.3) is 17.1 Å². The number of aliphatic carboxylic acids is 1. The number of fused-ring (bicyclic) bond motifs is 1. The third kappa shape index (κ3) is 2.52. The Morgan fingerprint density at radius 1 is 1.47 bits per heavy atom. The van der Waals surface area contributed by atoms with Crippen LogP contribution in [0.5, 0.6) is 0 Å². The molecule has 0 aliphatic rings.